The van der Waals surface area contributed by atoms with E-state index in [9.17, 15) is 0 Å². The normalized spacial score (nSPS) is 17.2. The van der Waals surface area contributed by atoms with Crippen molar-refractivity contribution in [3.05, 3.63) is 64.3 Å². The SMILES string of the molecule is BrNc1ccccc1C#CC1CCCCC1.Brc1ccc2[nH]c(C3CCCCC3)cc2c1. The van der Waals surface area contributed by atoms with Crippen LogP contribution in [0.15, 0.2) is 53.0 Å². The van der Waals surface area contributed by atoms with Gasteiger partial charge in [-0.1, -0.05) is 78.4 Å². The number of nitrogens with one attached hydrogen (secondary N) is 2. The summed E-state index contributed by atoms with van der Waals surface area (Å²) in [6.07, 6.45) is 13.5. The minimum Gasteiger partial charge on any atom is -0.358 e. The second kappa shape index (κ2) is 12.0. The average Bonchev–Trinajstić information content (AvgIpc) is 3.28. The first kappa shape index (κ1) is 23.5. The van der Waals surface area contributed by atoms with Crippen molar-refractivity contribution in [2.75, 3.05) is 4.34 Å². The molecule has 2 aliphatic rings. The Hall–Kier alpha value is -1.70. The number of hydrogen-bond acceptors (Lipinski definition) is 1. The lowest BCUT2D eigenvalue weighted by Crippen LogP contribution is -2.04. The maximum atomic E-state index is 3.57. The molecule has 0 saturated heterocycles. The molecule has 4 heteroatoms. The van der Waals surface area contributed by atoms with E-state index in [0.29, 0.717) is 5.92 Å². The van der Waals surface area contributed by atoms with Crippen molar-refractivity contribution < 1.29 is 0 Å². The van der Waals surface area contributed by atoms with Crippen LogP contribution in [0.2, 0.25) is 0 Å². The van der Waals surface area contributed by atoms with E-state index in [1.807, 2.05) is 18.2 Å². The predicted molar refractivity (Wildman–Crippen MR) is 144 cm³/mol. The fourth-order valence-corrected chi connectivity index (χ4v) is 5.59. The number of benzene rings is 2. The Kier molecular flexibility index (Phi) is 8.77. The van der Waals surface area contributed by atoms with Crippen molar-refractivity contribution in [1.82, 2.24) is 4.98 Å². The minimum atomic E-state index is 0.608. The molecule has 0 radical (unpaired) electrons. The number of para-hydroxylation sites is 1. The quantitative estimate of drug-likeness (QED) is 0.239. The zero-order chi connectivity index (χ0) is 22.2. The molecule has 0 amide bonds. The summed E-state index contributed by atoms with van der Waals surface area (Å²) in [5, 5.41) is 1.33. The number of fused-ring (bicyclic) bond motifs is 1. The van der Waals surface area contributed by atoms with Crippen molar-refractivity contribution in [2.24, 2.45) is 5.92 Å². The molecule has 0 unspecified atom stereocenters. The second-order valence-electron chi connectivity index (χ2n) is 9.04. The first-order chi connectivity index (χ1) is 15.7. The van der Waals surface area contributed by atoms with Gasteiger partial charge < -0.3 is 9.33 Å². The molecule has 0 spiro atoms. The van der Waals surface area contributed by atoms with Gasteiger partial charge in [-0.15, -0.1) is 0 Å². The smallest absolute Gasteiger partial charge is 0.0598 e. The van der Waals surface area contributed by atoms with E-state index in [-0.39, 0.29) is 0 Å². The molecule has 0 atom stereocenters. The summed E-state index contributed by atoms with van der Waals surface area (Å²) in [7, 11) is 0. The van der Waals surface area contributed by atoms with Gasteiger partial charge in [0.05, 0.1) is 5.69 Å². The zero-order valence-corrected chi connectivity index (χ0v) is 21.8. The Morgan fingerprint density at radius 3 is 2.31 bits per heavy atom. The number of rotatable bonds is 2. The van der Waals surface area contributed by atoms with E-state index in [2.05, 4.69) is 83.6 Å². The molecule has 2 fully saturated rings. The zero-order valence-electron chi connectivity index (χ0n) is 18.6. The number of aromatic nitrogens is 1. The van der Waals surface area contributed by atoms with Crippen LogP contribution in [0.5, 0.6) is 0 Å². The highest BCUT2D eigenvalue weighted by Crippen LogP contribution is 2.34. The van der Waals surface area contributed by atoms with E-state index in [1.54, 1.807) is 0 Å². The minimum absolute atomic E-state index is 0.608. The summed E-state index contributed by atoms with van der Waals surface area (Å²) in [6.45, 7) is 0. The lowest BCUT2D eigenvalue weighted by molar-refractivity contribution is 0.430. The van der Waals surface area contributed by atoms with Gasteiger partial charge in [0, 0.05) is 48.7 Å². The van der Waals surface area contributed by atoms with Gasteiger partial charge in [-0.2, -0.15) is 0 Å². The van der Waals surface area contributed by atoms with Gasteiger partial charge in [-0.3, -0.25) is 0 Å². The van der Waals surface area contributed by atoms with Gasteiger partial charge in [0.2, 0.25) is 0 Å². The van der Waals surface area contributed by atoms with Crippen LogP contribution in [0.4, 0.5) is 5.69 Å². The van der Waals surface area contributed by atoms with E-state index in [1.165, 1.54) is 80.8 Å². The van der Waals surface area contributed by atoms with E-state index >= 15 is 0 Å². The Balaban J connectivity index is 0.000000153. The number of aromatic amines is 1. The number of halogens is 2. The summed E-state index contributed by atoms with van der Waals surface area (Å²) in [5.41, 5.74) is 4.83. The molecule has 168 valence electrons. The number of H-pyrrole nitrogens is 1. The summed E-state index contributed by atoms with van der Waals surface area (Å²) in [5.74, 6) is 8.07. The summed E-state index contributed by atoms with van der Waals surface area (Å²) >= 11 is 6.78. The third kappa shape index (κ3) is 6.42. The maximum absolute atomic E-state index is 3.57. The fourth-order valence-electron chi connectivity index (χ4n) is 4.86. The molecular formula is C28H32Br2N2. The molecule has 5 rings (SSSR count). The molecule has 1 aromatic heterocycles. The van der Waals surface area contributed by atoms with Crippen LogP contribution in [-0.2, 0) is 0 Å². The summed E-state index contributed by atoms with van der Waals surface area (Å²) in [4.78, 5) is 3.57. The highest BCUT2D eigenvalue weighted by atomic mass is 79.9. The van der Waals surface area contributed by atoms with Gasteiger partial charge in [-0.25, -0.2) is 0 Å². The molecule has 2 N–H and O–H groups in total. The number of anilines is 1. The van der Waals surface area contributed by atoms with Crippen molar-refractivity contribution in [3.63, 3.8) is 0 Å². The third-order valence-electron chi connectivity index (χ3n) is 6.69. The molecule has 0 aliphatic heterocycles. The van der Waals surface area contributed by atoms with Crippen LogP contribution >= 0.6 is 32.1 Å². The fraction of sp³-hybridized carbons (Fsp3) is 0.429. The Morgan fingerprint density at radius 2 is 1.56 bits per heavy atom. The van der Waals surface area contributed by atoms with Crippen molar-refractivity contribution in [3.8, 4) is 11.8 Å². The standard InChI is InChI=1S/2C14H16BrN/c15-12-6-7-13-11(8-12)9-14(16-13)10-4-2-1-3-5-10;15-16-14-9-5-4-8-13(14)11-10-12-6-2-1-3-7-12/h6-10,16H,1-5H2;4-5,8-9,12,16H,1-3,6-7H2. The Morgan fingerprint density at radius 1 is 0.844 bits per heavy atom. The first-order valence-corrected chi connectivity index (χ1v) is 13.6. The van der Waals surface area contributed by atoms with Crippen molar-refractivity contribution in [2.45, 2.75) is 70.1 Å². The van der Waals surface area contributed by atoms with E-state index in [4.69, 9.17) is 0 Å². The average molecular weight is 556 g/mol. The van der Waals surface area contributed by atoms with Crippen LogP contribution in [0.25, 0.3) is 10.9 Å². The monoisotopic (exact) mass is 554 g/mol. The van der Waals surface area contributed by atoms with Crippen LogP contribution in [0.3, 0.4) is 0 Å². The third-order valence-corrected chi connectivity index (χ3v) is 7.61. The van der Waals surface area contributed by atoms with Crippen molar-refractivity contribution >= 4 is 48.7 Å². The molecular weight excluding hydrogens is 524 g/mol. The van der Waals surface area contributed by atoms with Crippen molar-refractivity contribution in [1.29, 1.82) is 0 Å². The van der Waals surface area contributed by atoms with Gasteiger partial charge >= 0.3 is 0 Å². The summed E-state index contributed by atoms with van der Waals surface area (Å²) in [6, 6.07) is 16.9. The van der Waals surface area contributed by atoms with Gasteiger partial charge in [-0.05, 0) is 68.0 Å². The first-order valence-electron chi connectivity index (χ1n) is 12.0. The highest BCUT2D eigenvalue weighted by molar-refractivity contribution is 9.10. The molecule has 1 heterocycles. The predicted octanol–water partition coefficient (Wildman–Crippen LogP) is 9.32. The summed E-state index contributed by atoms with van der Waals surface area (Å²) < 4.78 is 4.15. The topological polar surface area (TPSA) is 27.8 Å². The molecule has 32 heavy (non-hydrogen) atoms. The molecule has 3 aromatic rings. The van der Waals surface area contributed by atoms with Crippen LogP contribution in [0.1, 0.15) is 81.4 Å². The molecule has 2 saturated carbocycles. The number of hydrogen-bond donors (Lipinski definition) is 2. The highest BCUT2D eigenvalue weighted by Gasteiger charge is 2.17. The second-order valence-corrected chi connectivity index (χ2v) is 10.3. The Labute approximate surface area is 209 Å². The van der Waals surface area contributed by atoms with E-state index < -0.39 is 0 Å². The molecule has 2 aromatic carbocycles. The van der Waals surface area contributed by atoms with Crippen LogP contribution in [-0.4, -0.2) is 4.98 Å². The van der Waals surface area contributed by atoms with Gasteiger partial charge in [0.25, 0.3) is 0 Å². The molecule has 2 aliphatic carbocycles. The van der Waals surface area contributed by atoms with Crippen LogP contribution in [0, 0.1) is 17.8 Å². The lowest BCUT2D eigenvalue weighted by Gasteiger charge is -2.20. The van der Waals surface area contributed by atoms with E-state index in [0.717, 1.165) is 21.6 Å². The maximum Gasteiger partial charge on any atom is 0.0598 e. The molecule has 0 bridgehead atoms. The lowest BCUT2D eigenvalue weighted by atomic mass is 9.87. The largest absolute Gasteiger partial charge is 0.358 e. The van der Waals surface area contributed by atoms with Gasteiger partial charge in [0.1, 0.15) is 0 Å². The molecule has 2 nitrogen and oxygen atoms in total. The van der Waals surface area contributed by atoms with Gasteiger partial charge in [0.15, 0.2) is 0 Å². The Bertz CT molecular complexity index is 1060. The van der Waals surface area contributed by atoms with Crippen LogP contribution < -0.4 is 4.34 Å².